The van der Waals surface area contributed by atoms with Crippen molar-refractivity contribution in [3.63, 3.8) is 0 Å². The lowest BCUT2D eigenvalue weighted by molar-refractivity contribution is -0.147. The Morgan fingerprint density at radius 2 is 1.95 bits per heavy atom. The van der Waals surface area contributed by atoms with Gasteiger partial charge < -0.3 is 4.74 Å². The van der Waals surface area contributed by atoms with Crippen molar-refractivity contribution in [1.82, 2.24) is 0 Å². The van der Waals surface area contributed by atoms with E-state index in [1.807, 2.05) is 30.3 Å². The summed E-state index contributed by atoms with van der Waals surface area (Å²) < 4.78 is 27.8. The van der Waals surface area contributed by atoms with Crippen LogP contribution >= 0.6 is 11.6 Å². The molecule has 1 aromatic carbocycles. The van der Waals surface area contributed by atoms with E-state index in [1.165, 1.54) is 0 Å². The van der Waals surface area contributed by atoms with E-state index in [4.69, 9.17) is 16.3 Å². The Morgan fingerprint density at radius 3 is 2.53 bits per heavy atom. The van der Waals surface area contributed by atoms with Crippen LogP contribution < -0.4 is 0 Å². The Bertz CT molecular complexity index is 541. The second-order valence-electron chi connectivity index (χ2n) is 4.61. The topological polar surface area (TPSA) is 60.4 Å². The van der Waals surface area contributed by atoms with Crippen molar-refractivity contribution in [3.05, 3.63) is 35.9 Å². The van der Waals surface area contributed by atoms with Gasteiger partial charge >= 0.3 is 5.97 Å². The number of halogens is 1. The molecule has 19 heavy (non-hydrogen) atoms. The molecule has 0 radical (unpaired) electrons. The van der Waals surface area contributed by atoms with Crippen molar-refractivity contribution in [2.75, 3.05) is 11.5 Å². The van der Waals surface area contributed by atoms with Crippen LogP contribution in [0.1, 0.15) is 12.0 Å². The van der Waals surface area contributed by atoms with Crippen molar-refractivity contribution >= 4 is 27.4 Å². The molecule has 1 aliphatic rings. The van der Waals surface area contributed by atoms with Crippen molar-refractivity contribution in [3.8, 4) is 0 Å². The molecule has 0 saturated carbocycles. The van der Waals surface area contributed by atoms with Crippen LogP contribution in [-0.4, -0.2) is 37.4 Å². The zero-order valence-corrected chi connectivity index (χ0v) is 11.9. The van der Waals surface area contributed by atoms with Crippen LogP contribution in [0.25, 0.3) is 0 Å². The predicted molar refractivity (Wildman–Crippen MR) is 72.9 cm³/mol. The summed E-state index contributed by atoms with van der Waals surface area (Å²) in [6.45, 7) is 0. The molecular formula is C13H15ClO4S. The first-order valence-corrected chi connectivity index (χ1v) is 8.30. The van der Waals surface area contributed by atoms with Crippen LogP contribution in [-0.2, 0) is 25.8 Å². The molecule has 2 atom stereocenters. The molecular weight excluding hydrogens is 288 g/mol. The average Bonchev–Trinajstić information content (AvgIpc) is 2.61. The molecule has 0 aliphatic carbocycles. The molecule has 0 spiro atoms. The van der Waals surface area contributed by atoms with Crippen LogP contribution in [0.4, 0.5) is 0 Å². The third-order valence-electron chi connectivity index (χ3n) is 2.98. The van der Waals surface area contributed by atoms with Gasteiger partial charge in [0.1, 0.15) is 6.10 Å². The molecule has 6 heteroatoms. The van der Waals surface area contributed by atoms with E-state index in [0.29, 0.717) is 6.42 Å². The molecule has 104 valence electrons. The number of ether oxygens (including phenoxy) is 1. The standard InChI is InChI=1S/C13H15ClO4S/c14-11-8-19(16,17)9-12(11)18-13(15)7-6-10-4-2-1-3-5-10/h1-5,11-12H,6-9H2. The van der Waals surface area contributed by atoms with Gasteiger partial charge in [-0.3, -0.25) is 4.79 Å². The van der Waals surface area contributed by atoms with Crippen molar-refractivity contribution in [2.45, 2.75) is 24.3 Å². The van der Waals surface area contributed by atoms with Crippen molar-refractivity contribution in [2.24, 2.45) is 0 Å². The van der Waals surface area contributed by atoms with E-state index in [1.54, 1.807) is 0 Å². The van der Waals surface area contributed by atoms with Gasteiger partial charge in [-0.05, 0) is 12.0 Å². The molecule has 1 fully saturated rings. The summed E-state index contributed by atoms with van der Waals surface area (Å²) in [4.78, 5) is 11.7. The molecule has 1 heterocycles. The number of aryl methyl sites for hydroxylation is 1. The highest BCUT2D eigenvalue weighted by Gasteiger charge is 2.38. The molecule has 2 rings (SSSR count). The zero-order chi connectivity index (χ0) is 13.9. The first-order valence-electron chi connectivity index (χ1n) is 6.04. The molecule has 2 unspecified atom stereocenters. The number of hydrogen-bond donors (Lipinski definition) is 0. The first kappa shape index (κ1) is 14.3. The quantitative estimate of drug-likeness (QED) is 0.626. The lowest BCUT2D eigenvalue weighted by Gasteiger charge is -2.13. The maximum atomic E-state index is 11.7. The summed E-state index contributed by atoms with van der Waals surface area (Å²) in [5, 5.41) is -0.634. The second-order valence-corrected chi connectivity index (χ2v) is 7.32. The smallest absolute Gasteiger partial charge is 0.306 e. The fraction of sp³-hybridized carbons (Fsp3) is 0.462. The monoisotopic (exact) mass is 302 g/mol. The second kappa shape index (κ2) is 5.92. The average molecular weight is 303 g/mol. The Balaban J connectivity index is 1.82. The molecule has 1 aliphatic heterocycles. The Hall–Kier alpha value is -1.07. The number of hydrogen-bond acceptors (Lipinski definition) is 4. The Labute approximate surface area is 117 Å². The number of carbonyl (C=O) groups is 1. The van der Waals surface area contributed by atoms with Gasteiger partial charge in [-0.1, -0.05) is 30.3 Å². The first-order chi connectivity index (χ1) is 8.96. The molecule has 4 nitrogen and oxygen atoms in total. The Kier molecular flexibility index (Phi) is 4.47. The van der Waals surface area contributed by atoms with Crippen molar-refractivity contribution < 1.29 is 17.9 Å². The van der Waals surface area contributed by atoms with Gasteiger partial charge in [0.05, 0.1) is 16.9 Å². The van der Waals surface area contributed by atoms with E-state index < -0.39 is 27.3 Å². The summed E-state index contributed by atoms with van der Waals surface area (Å²) >= 11 is 5.87. The summed E-state index contributed by atoms with van der Waals surface area (Å²) in [7, 11) is -3.17. The van der Waals surface area contributed by atoms with Crippen LogP contribution in [0.2, 0.25) is 0 Å². The van der Waals surface area contributed by atoms with Gasteiger partial charge in [-0.25, -0.2) is 8.42 Å². The van der Waals surface area contributed by atoms with Gasteiger partial charge in [0.2, 0.25) is 0 Å². The minimum atomic E-state index is -3.17. The maximum Gasteiger partial charge on any atom is 0.306 e. The van der Waals surface area contributed by atoms with Crippen LogP contribution in [0, 0.1) is 0 Å². The zero-order valence-electron chi connectivity index (χ0n) is 10.3. The van der Waals surface area contributed by atoms with E-state index >= 15 is 0 Å². The number of sulfone groups is 1. The Morgan fingerprint density at radius 1 is 1.26 bits per heavy atom. The van der Waals surface area contributed by atoms with Gasteiger partial charge in [0, 0.05) is 6.42 Å². The number of alkyl halides is 1. The largest absolute Gasteiger partial charge is 0.460 e. The van der Waals surface area contributed by atoms with Gasteiger partial charge in [-0.2, -0.15) is 0 Å². The number of rotatable bonds is 4. The highest BCUT2D eigenvalue weighted by Crippen LogP contribution is 2.21. The predicted octanol–water partition coefficient (Wildman–Crippen LogP) is 1.57. The molecule has 1 saturated heterocycles. The summed E-state index contributed by atoms with van der Waals surface area (Å²) in [5.74, 6) is -0.694. The maximum absolute atomic E-state index is 11.7. The molecule has 0 bridgehead atoms. The number of esters is 1. The molecule has 1 aromatic rings. The van der Waals surface area contributed by atoms with E-state index in [9.17, 15) is 13.2 Å². The van der Waals surface area contributed by atoms with E-state index in [-0.39, 0.29) is 17.9 Å². The summed E-state index contributed by atoms with van der Waals surface area (Å²) in [6, 6.07) is 9.57. The van der Waals surface area contributed by atoms with Gasteiger partial charge in [0.25, 0.3) is 0 Å². The third kappa shape index (κ3) is 4.21. The lowest BCUT2D eigenvalue weighted by Crippen LogP contribution is -2.26. The highest BCUT2D eigenvalue weighted by atomic mass is 35.5. The van der Waals surface area contributed by atoms with Gasteiger partial charge in [0.15, 0.2) is 9.84 Å². The fourth-order valence-electron chi connectivity index (χ4n) is 2.00. The minimum Gasteiger partial charge on any atom is -0.460 e. The normalized spacial score (nSPS) is 25.1. The van der Waals surface area contributed by atoms with Crippen LogP contribution in [0.15, 0.2) is 30.3 Å². The van der Waals surface area contributed by atoms with Crippen LogP contribution in [0.3, 0.4) is 0 Å². The summed E-state index contributed by atoms with van der Waals surface area (Å²) in [6.07, 6.45) is 0.0888. The fourth-order valence-corrected chi connectivity index (χ4v) is 4.46. The van der Waals surface area contributed by atoms with E-state index in [0.717, 1.165) is 5.56 Å². The number of carbonyl (C=O) groups excluding carboxylic acids is 1. The summed E-state index contributed by atoms with van der Waals surface area (Å²) in [5.41, 5.74) is 1.04. The number of benzene rings is 1. The van der Waals surface area contributed by atoms with Gasteiger partial charge in [-0.15, -0.1) is 11.6 Å². The highest BCUT2D eigenvalue weighted by molar-refractivity contribution is 7.91. The van der Waals surface area contributed by atoms with E-state index in [2.05, 4.69) is 0 Å². The SMILES string of the molecule is O=C(CCc1ccccc1)OC1CS(=O)(=O)CC1Cl. The molecule has 0 N–H and O–H groups in total. The van der Waals surface area contributed by atoms with Crippen molar-refractivity contribution in [1.29, 1.82) is 0 Å². The molecule has 0 aromatic heterocycles. The van der Waals surface area contributed by atoms with Crippen LogP contribution in [0.5, 0.6) is 0 Å². The lowest BCUT2D eigenvalue weighted by atomic mass is 10.1. The minimum absolute atomic E-state index is 0.120. The molecule has 0 amide bonds. The third-order valence-corrected chi connectivity index (χ3v) is 5.30.